The molecule has 1 aromatic heterocycles. The number of carbonyl (C=O) groups excluding carboxylic acids is 2. The van der Waals surface area contributed by atoms with Crippen molar-refractivity contribution in [2.75, 3.05) is 44.1 Å². The van der Waals surface area contributed by atoms with Crippen molar-refractivity contribution >= 4 is 52.3 Å². The molecule has 0 atom stereocenters. The predicted octanol–water partition coefficient (Wildman–Crippen LogP) is 3.97. The number of anilines is 3. The number of likely N-dealkylation sites (N-methyl/N-ethyl adjacent to an activating group) is 1. The minimum atomic E-state index is -0.353. The van der Waals surface area contributed by atoms with Crippen molar-refractivity contribution < 1.29 is 14.3 Å². The Kier molecular flexibility index (Phi) is 6.70. The highest BCUT2D eigenvalue weighted by Gasteiger charge is 2.31. The zero-order chi connectivity index (χ0) is 25.4. The largest absolute Gasteiger partial charge is 0.455 e. The lowest BCUT2D eigenvalue weighted by Gasteiger charge is -2.30. The first-order valence-corrected chi connectivity index (χ1v) is 12.1. The molecule has 0 spiro atoms. The van der Waals surface area contributed by atoms with E-state index in [1.165, 1.54) is 16.7 Å². The monoisotopic (exact) mass is 526 g/mol. The van der Waals surface area contributed by atoms with Gasteiger partial charge in [-0.3, -0.25) is 14.5 Å². The fraction of sp³-hybridized carbons (Fsp3) is 0.280. The van der Waals surface area contributed by atoms with Crippen LogP contribution >= 0.6 is 23.2 Å². The minimum Gasteiger partial charge on any atom is -0.455 e. The number of fused-ring (bicyclic) bond motifs is 2. The van der Waals surface area contributed by atoms with Crippen LogP contribution in [-0.2, 0) is 17.8 Å². The van der Waals surface area contributed by atoms with Crippen molar-refractivity contribution in [3.63, 3.8) is 0 Å². The van der Waals surface area contributed by atoms with E-state index in [0.717, 1.165) is 17.7 Å². The van der Waals surface area contributed by atoms with E-state index in [-0.39, 0.29) is 30.0 Å². The van der Waals surface area contributed by atoms with E-state index in [2.05, 4.69) is 21.4 Å². The summed E-state index contributed by atoms with van der Waals surface area (Å²) in [7, 11) is 3.77. The van der Waals surface area contributed by atoms with E-state index < -0.39 is 0 Å². The van der Waals surface area contributed by atoms with Crippen LogP contribution in [0, 0.1) is 0 Å². The number of nitrogens with zero attached hydrogens (tertiary/aromatic N) is 5. The maximum Gasteiger partial charge on any atom is 0.268 e. The van der Waals surface area contributed by atoms with Gasteiger partial charge in [0.1, 0.15) is 5.56 Å². The van der Waals surface area contributed by atoms with E-state index in [4.69, 9.17) is 27.9 Å². The number of ether oxygens (including phenoxy) is 1. The van der Waals surface area contributed by atoms with Crippen molar-refractivity contribution in [2.45, 2.75) is 13.0 Å². The summed E-state index contributed by atoms with van der Waals surface area (Å²) in [5.74, 6) is 0.224. The second-order valence-electron chi connectivity index (χ2n) is 8.90. The molecule has 0 fully saturated rings. The van der Waals surface area contributed by atoms with Crippen molar-refractivity contribution in [3.8, 4) is 5.88 Å². The van der Waals surface area contributed by atoms with Gasteiger partial charge in [0.2, 0.25) is 17.7 Å². The average Bonchev–Trinajstić information content (AvgIpc) is 2.84. The highest BCUT2D eigenvalue weighted by atomic mass is 35.5. The number of amides is 2. The predicted molar refractivity (Wildman–Crippen MR) is 138 cm³/mol. The van der Waals surface area contributed by atoms with Gasteiger partial charge < -0.3 is 19.9 Å². The molecule has 36 heavy (non-hydrogen) atoms. The molecule has 3 heterocycles. The molecule has 11 heteroatoms. The topological polar surface area (TPSA) is 90.9 Å². The van der Waals surface area contributed by atoms with Crippen molar-refractivity contribution in [2.24, 2.45) is 0 Å². The molecule has 2 aliphatic rings. The maximum absolute atomic E-state index is 13.1. The third-order valence-corrected chi connectivity index (χ3v) is 6.66. The minimum absolute atomic E-state index is 0.0819. The number of hydrogen-bond donors (Lipinski definition) is 1. The normalized spacial score (nSPS) is 14.9. The summed E-state index contributed by atoms with van der Waals surface area (Å²) in [6.45, 7) is 1.57. The van der Waals surface area contributed by atoms with Gasteiger partial charge >= 0.3 is 0 Å². The molecular formula is C25H24Cl2N6O3. The first kappa shape index (κ1) is 24.3. The van der Waals surface area contributed by atoms with Crippen LogP contribution in [0.2, 0.25) is 10.0 Å². The van der Waals surface area contributed by atoms with Crippen molar-refractivity contribution in [1.29, 1.82) is 0 Å². The third-order valence-electron chi connectivity index (χ3n) is 6.05. The molecule has 2 aromatic carbocycles. The molecular weight excluding hydrogens is 503 g/mol. The van der Waals surface area contributed by atoms with Gasteiger partial charge in [-0.2, -0.15) is 4.98 Å². The zero-order valence-electron chi connectivity index (χ0n) is 19.8. The molecule has 1 N–H and O–H groups in total. The van der Waals surface area contributed by atoms with Crippen LogP contribution in [0.1, 0.15) is 21.5 Å². The van der Waals surface area contributed by atoms with E-state index in [1.807, 2.05) is 36.0 Å². The summed E-state index contributed by atoms with van der Waals surface area (Å²) < 4.78 is 5.76. The zero-order valence-corrected chi connectivity index (χ0v) is 21.3. The Bertz CT molecular complexity index is 1330. The lowest BCUT2D eigenvalue weighted by Crippen LogP contribution is -2.40. The highest BCUT2D eigenvalue weighted by molar-refractivity contribution is 6.40. The molecule has 9 nitrogen and oxygen atoms in total. The van der Waals surface area contributed by atoms with Crippen LogP contribution in [0.25, 0.3) is 0 Å². The molecule has 186 valence electrons. The van der Waals surface area contributed by atoms with Crippen LogP contribution in [0.4, 0.5) is 17.3 Å². The van der Waals surface area contributed by atoms with Gasteiger partial charge in [0.05, 0.1) is 22.3 Å². The van der Waals surface area contributed by atoms with Crippen molar-refractivity contribution in [1.82, 2.24) is 19.8 Å². The summed E-state index contributed by atoms with van der Waals surface area (Å²) in [5, 5.41) is 3.86. The molecule has 2 aliphatic heterocycles. The Balaban J connectivity index is 1.33. The third kappa shape index (κ3) is 4.82. The van der Waals surface area contributed by atoms with Gasteiger partial charge in [-0.15, -0.1) is 0 Å². The molecule has 0 radical (unpaired) electrons. The molecule has 3 aromatic rings. The van der Waals surface area contributed by atoms with Gasteiger partial charge in [-0.05, 0) is 55.9 Å². The smallest absolute Gasteiger partial charge is 0.268 e. The SMILES string of the molecule is CN(C)CC(=O)N1CCc2ccc(Nc3ncc4c(n3)OCN(c3c(Cl)cccc3Cl)C4=O)cc2C1. The van der Waals surface area contributed by atoms with Crippen LogP contribution in [-0.4, -0.2) is 65.5 Å². The molecule has 5 rings (SSSR count). The highest BCUT2D eigenvalue weighted by Crippen LogP contribution is 2.37. The van der Waals surface area contributed by atoms with Crippen LogP contribution < -0.4 is 15.0 Å². The summed E-state index contributed by atoms with van der Waals surface area (Å²) >= 11 is 12.5. The Morgan fingerprint density at radius 1 is 1.17 bits per heavy atom. The van der Waals surface area contributed by atoms with Gasteiger partial charge in [0.25, 0.3) is 5.91 Å². The summed E-state index contributed by atoms with van der Waals surface area (Å²) in [6.07, 6.45) is 2.23. The number of halogens is 2. The summed E-state index contributed by atoms with van der Waals surface area (Å²) in [5.41, 5.74) is 3.67. The lowest BCUT2D eigenvalue weighted by atomic mass is 9.99. The molecule has 0 saturated carbocycles. The van der Waals surface area contributed by atoms with E-state index >= 15 is 0 Å². The maximum atomic E-state index is 13.1. The van der Waals surface area contributed by atoms with E-state index in [0.29, 0.717) is 41.3 Å². The number of rotatable bonds is 5. The summed E-state index contributed by atoms with van der Waals surface area (Å²) in [6, 6.07) is 11.0. The fourth-order valence-electron chi connectivity index (χ4n) is 4.27. The summed E-state index contributed by atoms with van der Waals surface area (Å²) in [4.78, 5) is 39.4. The second-order valence-corrected chi connectivity index (χ2v) is 9.72. The molecule has 0 unspecified atom stereocenters. The Hall–Kier alpha value is -3.40. The quantitative estimate of drug-likeness (QED) is 0.537. The van der Waals surface area contributed by atoms with Crippen LogP contribution in [0.5, 0.6) is 5.88 Å². The molecule has 0 bridgehead atoms. The molecule has 2 amide bonds. The van der Waals surface area contributed by atoms with Crippen molar-refractivity contribution in [3.05, 3.63) is 69.3 Å². The van der Waals surface area contributed by atoms with E-state index in [1.54, 1.807) is 18.2 Å². The first-order chi connectivity index (χ1) is 17.3. The number of carbonyl (C=O) groups is 2. The Morgan fingerprint density at radius 2 is 1.94 bits per heavy atom. The Labute approximate surface area is 218 Å². The van der Waals surface area contributed by atoms with Crippen LogP contribution in [0.15, 0.2) is 42.6 Å². The van der Waals surface area contributed by atoms with E-state index in [9.17, 15) is 9.59 Å². The average molecular weight is 527 g/mol. The number of benzene rings is 2. The Morgan fingerprint density at radius 3 is 2.69 bits per heavy atom. The van der Waals surface area contributed by atoms with Gasteiger partial charge in [0, 0.05) is 25.0 Å². The fourth-order valence-corrected chi connectivity index (χ4v) is 4.87. The first-order valence-electron chi connectivity index (χ1n) is 11.4. The van der Waals surface area contributed by atoms with Gasteiger partial charge in [-0.25, -0.2) is 4.98 Å². The number of para-hydroxylation sites is 1. The van der Waals surface area contributed by atoms with Gasteiger partial charge in [0.15, 0.2) is 6.73 Å². The lowest BCUT2D eigenvalue weighted by molar-refractivity contribution is -0.132. The molecule has 0 saturated heterocycles. The number of hydrogen-bond acceptors (Lipinski definition) is 7. The van der Waals surface area contributed by atoms with Crippen LogP contribution in [0.3, 0.4) is 0 Å². The number of aromatic nitrogens is 2. The molecule has 0 aliphatic carbocycles. The standard InChI is InChI=1S/C25H24Cl2N6O3/c1-31(2)13-21(34)32-9-8-15-6-7-17(10-16(15)12-32)29-25-28-11-18-23(30-25)36-14-33(24(18)35)22-19(26)4-3-5-20(22)27/h3-7,10-11H,8-9,12-14H2,1-2H3,(H,28,29,30). The second kappa shape index (κ2) is 9.93. The van der Waals surface area contributed by atoms with Gasteiger partial charge in [-0.1, -0.05) is 35.3 Å². The number of nitrogens with one attached hydrogen (secondary N) is 1.